The van der Waals surface area contributed by atoms with Crippen LogP contribution in [0, 0.1) is 5.82 Å². The highest BCUT2D eigenvalue weighted by molar-refractivity contribution is 5.46. The first-order valence-electron chi connectivity index (χ1n) is 6.55. The van der Waals surface area contributed by atoms with Crippen LogP contribution in [0.1, 0.15) is 13.8 Å². The Bertz CT molecular complexity index is 347. The Hall–Kier alpha value is -1.09. The van der Waals surface area contributed by atoms with E-state index in [1.54, 1.807) is 12.1 Å². The SMILES string of the molecule is CC[N+]1(CC)CCN(c2ccc(F)cc2)CC1. The van der Waals surface area contributed by atoms with Crippen molar-refractivity contribution in [3.8, 4) is 0 Å². The van der Waals surface area contributed by atoms with Gasteiger partial charge in [-0.1, -0.05) is 0 Å². The lowest BCUT2D eigenvalue weighted by Gasteiger charge is -2.44. The molecule has 1 aliphatic heterocycles. The molecule has 0 atom stereocenters. The number of rotatable bonds is 3. The van der Waals surface area contributed by atoms with Crippen molar-refractivity contribution in [3.63, 3.8) is 0 Å². The summed E-state index contributed by atoms with van der Waals surface area (Å²) in [6.07, 6.45) is 0. The van der Waals surface area contributed by atoms with Gasteiger partial charge in [0.2, 0.25) is 0 Å². The van der Waals surface area contributed by atoms with Gasteiger partial charge >= 0.3 is 0 Å². The van der Waals surface area contributed by atoms with Crippen LogP contribution in [-0.4, -0.2) is 43.8 Å². The Morgan fingerprint density at radius 3 is 2.06 bits per heavy atom. The molecule has 0 saturated carbocycles. The van der Waals surface area contributed by atoms with Crippen molar-refractivity contribution in [1.82, 2.24) is 0 Å². The average Bonchev–Trinajstić information content (AvgIpc) is 2.40. The molecule has 94 valence electrons. The summed E-state index contributed by atoms with van der Waals surface area (Å²) in [5.74, 6) is -0.155. The number of hydrogen-bond donors (Lipinski definition) is 0. The van der Waals surface area contributed by atoms with E-state index in [4.69, 9.17) is 0 Å². The Labute approximate surface area is 103 Å². The maximum atomic E-state index is 12.9. The minimum atomic E-state index is -0.155. The standard InChI is InChI=1S/C14H22FN2/c1-3-17(4-2)11-9-16(10-12-17)14-7-5-13(15)6-8-14/h5-8H,3-4,9-12H2,1-2H3/q+1. The third-order valence-corrected chi connectivity index (χ3v) is 4.22. The number of anilines is 1. The maximum Gasteiger partial charge on any atom is 0.123 e. The van der Waals surface area contributed by atoms with Gasteiger partial charge in [-0.15, -0.1) is 0 Å². The Balaban J connectivity index is 2.01. The van der Waals surface area contributed by atoms with E-state index < -0.39 is 0 Å². The Morgan fingerprint density at radius 1 is 1.06 bits per heavy atom. The summed E-state index contributed by atoms with van der Waals surface area (Å²) in [5, 5.41) is 0. The van der Waals surface area contributed by atoms with Crippen molar-refractivity contribution in [3.05, 3.63) is 30.1 Å². The van der Waals surface area contributed by atoms with Crippen LogP contribution in [0.3, 0.4) is 0 Å². The predicted octanol–water partition coefficient (Wildman–Crippen LogP) is 2.50. The van der Waals surface area contributed by atoms with Crippen molar-refractivity contribution in [2.45, 2.75) is 13.8 Å². The minimum Gasteiger partial charge on any atom is -0.360 e. The number of likely N-dealkylation sites (N-methyl/N-ethyl adjacent to an activating group) is 1. The van der Waals surface area contributed by atoms with Gasteiger partial charge in [-0.25, -0.2) is 4.39 Å². The van der Waals surface area contributed by atoms with E-state index >= 15 is 0 Å². The molecule has 0 N–H and O–H groups in total. The minimum absolute atomic E-state index is 0.155. The van der Waals surface area contributed by atoms with Crippen LogP contribution in [0.5, 0.6) is 0 Å². The van der Waals surface area contributed by atoms with Gasteiger partial charge in [0.15, 0.2) is 0 Å². The molecule has 2 rings (SSSR count). The molecular formula is C14H22FN2+. The van der Waals surface area contributed by atoms with E-state index in [-0.39, 0.29) is 5.82 Å². The van der Waals surface area contributed by atoms with Gasteiger partial charge in [0.25, 0.3) is 0 Å². The third kappa shape index (κ3) is 2.60. The molecule has 1 fully saturated rings. The molecule has 1 saturated heterocycles. The number of halogens is 1. The lowest BCUT2D eigenvalue weighted by atomic mass is 10.2. The van der Waals surface area contributed by atoms with E-state index in [0.717, 1.165) is 18.8 Å². The molecule has 1 heterocycles. The molecule has 3 heteroatoms. The third-order valence-electron chi connectivity index (χ3n) is 4.22. The van der Waals surface area contributed by atoms with E-state index in [1.165, 1.54) is 30.7 Å². The largest absolute Gasteiger partial charge is 0.360 e. The molecule has 1 aliphatic rings. The normalized spacial score (nSPS) is 19.4. The summed E-state index contributed by atoms with van der Waals surface area (Å²) in [7, 11) is 0. The number of hydrogen-bond acceptors (Lipinski definition) is 1. The summed E-state index contributed by atoms with van der Waals surface area (Å²) in [5.41, 5.74) is 1.15. The van der Waals surface area contributed by atoms with Crippen LogP contribution in [0.15, 0.2) is 24.3 Å². The summed E-state index contributed by atoms with van der Waals surface area (Å²) >= 11 is 0. The van der Waals surface area contributed by atoms with Crippen LogP contribution in [-0.2, 0) is 0 Å². The zero-order chi connectivity index (χ0) is 12.3. The second-order valence-electron chi connectivity index (χ2n) is 4.88. The monoisotopic (exact) mass is 237 g/mol. The first kappa shape index (κ1) is 12.4. The molecule has 0 spiro atoms. The Morgan fingerprint density at radius 2 is 1.59 bits per heavy atom. The topological polar surface area (TPSA) is 3.24 Å². The molecule has 0 aromatic heterocycles. The van der Waals surface area contributed by atoms with Crippen LogP contribution >= 0.6 is 0 Å². The van der Waals surface area contributed by atoms with Gasteiger partial charge in [0.05, 0.1) is 39.3 Å². The maximum absolute atomic E-state index is 12.9. The molecule has 2 nitrogen and oxygen atoms in total. The highest BCUT2D eigenvalue weighted by atomic mass is 19.1. The molecule has 17 heavy (non-hydrogen) atoms. The predicted molar refractivity (Wildman–Crippen MR) is 69.7 cm³/mol. The van der Waals surface area contributed by atoms with Crippen molar-refractivity contribution < 1.29 is 8.87 Å². The fourth-order valence-electron chi connectivity index (χ4n) is 2.66. The highest BCUT2D eigenvalue weighted by Crippen LogP contribution is 2.20. The lowest BCUT2D eigenvalue weighted by molar-refractivity contribution is -0.925. The summed E-state index contributed by atoms with van der Waals surface area (Å²) < 4.78 is 14.1. The van der Waals surface area contributed by atoms with Crippen LogP contribution in [0.25, 0.3) is 0 Å². The number of benzene rings is 1. The molecule has 0 bridgehead atoms. The Kier molecular flexibility index (Phi) is 3.67. The van der Waals surface area contributed by atoms with Gasteiger partial charge < -0.3 is 9.38 Å². The first-order valence-corrected chi connectivity index (χ1v) is 6.55. The zero-order valence-electron chi connectivity index (χ0n) is 10.8. The van der Waals surface area contributed by atoms with Gasteiger partial charge in [-0.05, 0) is 38.1 Å². The fourth-order valence-corrected chi connectivity index (χ4v) is 2.66. The highest BCUT2D eigenvalue weighted by Gasteiger charge is 2.29. The van der Waals surface area contributed by atoms with Crippen molar-refractivity contribution in [2.75, 3.05) is 44.2 Å². The molecule has 1 aromatic rings. The van der Waals surface area contributed by atoms with Gasteiger partial charge in [-0.2, -0.15) is 0 Å². The van der Waals surface area contributed by atoms with Crippen molar-refractivity contribution in [2.24, 2.45) is 0 Å². The summed E-state index contributed by atoms with van der Waals surface area (Å²) in [6, 6.07) is 6.86. The summed E-state index contributed by atoms with van der Waals surface area (Å²) in [4.78, 5) is 2.36. The van der Waals surface area contributed by atoms with Crippen LogP contribution in [0.4, 0.5) is 10.1 Å². The smallest absolute Gasteiger partial charge is 0.123 e. The average molecular weight is 237 g/mol. The lowest BCUT2D eigenvalue weighted by Crippen LogP contribution is -2.59. The number of quaternary nitrogens is 1. The number of piperazine rings is 1. The second-order valence-corrected chi connectivity index (χ2v) is 4.88. The van der Waals surface area contributed by atoms with E-state index in [9.17, 15) is 4.39 Å². The quantitative estimate of drug-likeness (QED) is 0.730. The van der Waals surface area contributed by atoms with Crippen molar-refractivity contribution in [1.29, 1.82) is 0 Å². The zero-order valence-corrected chi connectivity index (χ0v) is 10.8. The van der Waals surface area contributed by atoms with Crippen LogP contribution < -0.4 is 4.90 Å². The van der Waals surface area contributed by atoms with Crippen LogP contribution in [0.2, 0.25) is 0 Å². The van der Waals surface area contributed by atoms with Gasteiger partial charge in [0, 0.05) is 5.69 Å². The fraction of sp³-hybridized carbons (Fsp3) is 0.571. The van der Waals surface area contributed by atoms with Gasteiger partial charge in [0.1, 0.15) is 5.82 Å². The molecule has 0 radical (unpaired) electrons. The number of nitrogens with zero attached hydrogens (tertiary/aromatic N) is 2. The van der Waals surface area contributed by atoms with E-state index in [2.05, 4.69) is 18.7 Å². The summed E-state index contributed by atoms with van der Waals surface area (Å²) in [6.45, 7) is 11.5. The van der Waals surface area contributed by atoms with Gasteiger partial charge in [-0.3, -0.25) is 0 Å². The molecule has 0 amide bonds. The van der Waals surface area contributed by atoms with E-state index in [1.807, 2.05) is 12.1 Å². The van der Waals surface area contributed by atoms with E-state index in [0.29, 0.717) is 0 Å². The first-order chi connectivity index (χ1) is 8.19. The molecule has 1 aromatic carbocycles. The van der Waals surface area contributed by atoms with Crippen molar-refractivity contribution >= 4 is 5.69 Å². The molecule has 0 unspecified atom stereocenters. The molecular weight excluding hydrogens is 215 g/mol. The second kappa shape index (κ2) is 5.05. The molecule has 0 aliphatic carbocycles.